The molecular formula is C25H51NO. The highest BCUT2D eigenvalue weighted by atomic mass is 16.2. The summed E-state index contributed by atoms with van der Waals surface area (Å²) in [5, 5.41) is 0. The molecule has 27 heavy (non-hydrogen) atoms. The van der Waals surface area contributed by atoms with Crippen molar-refractivity contribution in [1.82, 2.24) is 4.90 Å². The van der Waals surface area contributed by atoms with Gasteiger partial charge in [-0.3, -0.25) is 4.79 Å². The molecule has 1 amide bonds. The third-order valence-electron chi connectivity index (χ3n) is 5.77. The topological polar surface area (TPSA) is 20.3 Å². The summed E-state index contributed by atoms with van der Waals surface area (Å²) in [5.41, 5.74) is 0. The van der Waals surface area contributed by atoms with Crippen molar-refractivity contribution in [2.45, 2.75) is 142 Å². The lowest BCUT2D eigenvalue weighted by Crippen LogP contribution is -2.27. The van der Waals surface area contributed by atoms with Crippen LogP contribution in [0.25, 0.3) is 0 Å². The van der Waals surface area contributed by atoms with Crippen molar-refractivity contribution in [2.24, 2.45) is 0 Å². The predicted molar refractivity (Wildman–Crippen MR) is 121 cm³/mol. The van der Waals surface area contributed by atoms with Crippen molar-refractivity contribution in [1.29, 1.82) is 0 Å². The fourth-order valence-corrected chi connectivity index (χ4v) is 3.74. The van der Waals surface area contributed by atoms with Gasteiger partial charge in [0.2, 0.25) is 5.91 Å². The molecule has 0 aliphatic carbocycles. The van der Waals surface area contributed by atoms with Crippen LogP contribution in [-0.2, 0) is 4.79 Å². The molecule has 0 heterocycles. The SMILES string of the molecule is CCCCCCCCCCCCCCCC(=O)N(C)CCCCCCCC. The summed E-state index contributed by atoms with van der Waals surface area (Å²) in [7, 11) is 1.98. The Balaban J connectivity index is 3.28. The Hall–Kier alpha value is -0.530. The maximum Gasteiger partial charge on any atom is 0.222 e. The monoisotopic (exact) mass is 381 g/mol. The number of amides is 1. The number of rotatable bonds is 21. The summed E-state index contributed by atoms with van der Waals surface area (Å²) in [5.74, 6) is 0.353. The van der Waals surface area contributed by atoms with Gasteiger partial charge in [0.05, 0.1) is 0 Å². The first-order chi connectivity index (χ1) is 13.2. The lowest BCUT2D eigenvalue weighted by atomic mass is 10.0. The van der Waals surface area contributed by atoms with E-state index in [4.69, 9.17) is 0 Å². The van der Waals surface area contributed by atoms with E-state index in [-0.39, 0.29) is 0 Å². The summed E-state index contributed by atoms with van der Waals surface area (Å²) >= 11 is 0. The summed E-state index contributed by atoms with van der Waals surface area (Å²) in [6, 6.07) is 0. The van der Waals surface area contributed by atoms with Crippen molar-refractivity contribution in [3.8, 4) is 0 Å². The molecule has 2 nitrogen and oxygen atoms in total. The molecule has 0 aromatic heterocycles. The molecule has 0 atom stereocenters. The molecule has 0 aliphatic rings. The van der Waals surface area contributed by atoms with Gasteiger partial charge < -0.3 is 4.90 Å². The van der Waals surface area contributed by atoms with E-state index in [1.165, 1.54) is 116 Å². The van der Waals surface area contributed by atoms with Crippen LogP contribution in [0.5, 0.6) is 0 Å². The van der Waals surface area contributed by atoms with Gasteiger partial charge in [-0.2, -0.15) is 0 Å². The van der Waals surface area contributed by atoms with Gasteiger partial charge in [-0.1, -0.05) is 123 Å². The molecule has 0 N–H and O–H groups in total. The lowest BCUT2D eigenvalue weighted by molar-refractivity contribution is -0.130. The van der Waals surface area contributed by atoms with Crippen LogP contribution in [0.1, 0.15) is 142 Å². The van der Waals surface area contributed by atoms with Crippen LogP contribution in [0.4, 0.5) is 0 Å². The van der Waals surface area contributed by atoms with Gasteiger partial charge in [0.15, 0.2) is 0 Å². The second-order valence-electron chi connectivity index (χ2n) is 8.58. The van der Waals surface area contributed by atoms with Crippen molar-refractivity contribution in [3.05, 3.63) is 0 Å². The summed E-state index contributed by atoms with van der Waals surface area (Å²) in [6.07, 6.45) is 26.3. The zero-order valence-electron chi connectivity index (χ0n) is 19.2. The number of carbonyl (C=O) groups excluding carboxylic acids is 1. The molecule has 0 unspecified atom stereocenters. The highest BCUT2D eigenvalue weighted by Crippen LogP contribution is 2.13. The summed E-state index contributed by atoms with van der Waals surface area (Å²) in [6.45, 7) is 5.48. The van der Waals surface area contributed by atoms with E-state index in [2.05, 4.69) is 13.8 Å². The molecule has 0 spiro atoms. The van der Waals surface area contributed by atoms with Crippen LogP contribution in [0.2, 0.25) is 0 Å². The smallest absolute Gasteiger partial charge is 0.222 e. The van der Waals surface area contributed by atoms with Crippen molar-refractivity contribution in [2.75, 3.05) is 13.6 Å². The van der Waals surface area contributed by atoms with Gasteiger partial charge in [0, 0.05) is 20.0 Å². The van der Waals surface area contributed by atoms with Crippen LogP contribution in [0, 0.1) is 0 Å². The zero-order chi connectivity index (χ0) is 20.0. The van der Waals surface area contributed by atoms with Crippen LogP contribution in [-0.4, -0.2) is 24.4 Å². The first-order valence-corrected chi connectivity index (χ1v) is 12.5. The third kappa shape index (κ3) is 20.0. The Morgan fingerprint density at radius 2 is 0.852 bits per heavy atom. The van der Waals surface area contributed by atoms with Crippen molar-refractivity contribution >= 4 is 5.91 Å². The first-order valence-electron chi connectivity index (χ1n) is 12.5. The normalized spacial score (nSPS) is 11.1. The minimum absolute atomic E-state index is 0.353. The molecular weight excluding hydrogens is 330 g/mol. The van der Waals surface area contributed by atoms with Gasteiger partial charge in [0.1, 0.15) is 0 Å². The van der Waals surface area contributed by atoms with E-state index < -0.39 is 0 Å². The number of hydrogen-bond acceptors (Lipinski definition) is 1. The quantitative estimate of drug-likeness (QED) is 0.183. The molecule has 0 saturated carbocycles. The van der Waals surface area contributed by atoms with Crippen LogP contribution in [0.15, 0.2) is 0 Å². The summed E-state index contributed by atoms with van der Waals surface area (Å²) in [4.78, 5) is 14.1. The van der Waals surface area contributed by atoms with Crippen LogP contribution in [0.3, 0.4) is 0 Å². The Kier molecular flexibility index (Phi) is 21.3. The van der Waals surface area contributed by atoms with Gasteiger partial charge in [-0.15, -0.1) is 0 Å². The Morgan fingerprint density at radius 1 is 0.519 bits per heavy atom. The number of nitrogens with zero attached hydrogens (tertiary/aromatic N) is 1. The number of unbranched alkanes of at least 4 members (excludes halogenated alkanes) is 17. The minimum Gasteiger partial charge on any atom is -0.346 e. The lowest BCUT2D eigenvalue weighted by Gasteiger charge is -2.17. The van der Waals surface area contributed by atoms with E-state index in [0.29, 0.717) is 5.91 Å². The van der Waals surface area contributed by atoms with E-state index in [1.807, 2.05) is 11.9 Å². The average Bonchev–Trinajstić information content (AvgIpc) is 2.67. The second-order valence-corrected chi connectivity index (χ2v) is 8.58. The molecule has 0 aliphatic heterocycles. The van der Waals surface area contributed by atoms with Gasteiger partial charge in [0.25, 0.3) is 0 Å². The van der Waals surface area contributed by atoms with Gasteiger partial charge >= 0.3 is 0 Å². The maximum atomic E-state index is 12.1. The fraction of sp³-hybridized carbons (Fsp3) is 0.960. The maximum absolute atomic E-state index is 12.1. The molecule has 162 valence electrons. The average molecular weight is 382 g/mol. The first kappa shape index (κ1) is 26.5. The third-order valence-corrected chi connectivity index (χ3v) is 5.77. The van der Waals surface area contributed by atoms with Crippen molar-refractivity contribution in [3.63, 3.8) is 0 Å². The van der Waals surface area contributed by atoms with Crippen LogP contribution < -0.4 is 0 Å². The molecule has 2 heteroatoms. The van der Waals surface area contributed by atoms with Crippen LogP contribution >= 0.6 is 0 Å². The molecule has 0 bridgehead atoms. The molecule has 0 saturated heterocycles. The largest absolute Gasteiger partial charge is 0.346 e. The Morgan fingerprint density at radius 3 is 1.26 bits per heavy atom. The van der Waals surface area contributed by atoms with Gasteiger partial charge in [-0.05, 0) is 12.8 Å². The highest BCUT2D eigenvalue weighted by molar-refractivity contribution is 5.75. The molecule has 0 radical (unpaired) electrons. The van der Waals surface area contributed by atoms with E-state index in [9.17, 15) is 4.79 Å². The standard InChI is InChI=1S/C25H51NO/c1-4-6-8-10-12-13-14-15-16-17-18-19-21-23-25(27)26(3)24-22-20-11-9-7-5-2/h4-24H2,1-3H3. The number of carbonyl (C=O) groups is 1. The van der Waals surface area contributed by atoms with Crippen molar-refractivity contribution < 1.29 is 4.79 Å². The Labute approximate surface area is 171 Å². The highest BCUT2D eigenvalue weighted by Gasteiger charge is 2.07. The summed E-state index contributed by atoms with van der Waals surface area (Å²) < 4.78 is 0. The number of hydrogen-bond donors (Lipinski definition) is 0. The van der Waals surface area contributed by atoms with E-state index >= 15 is 0 Å². The molecule has 0 aromatic rings. The second kappa shape index (κ2) is 21.8. The fourth-order valence-electron chi connectivity index (χ4n) is 3.74. The molecule has 0 rings (SSSR count). The molecule has 0 fully saturated rings. The van der Waals surface area contributed by atoms with Gasteiger partial charge in [-0.25, -0.2) is 0 Å². The van der Waals surface area contributed by atoms with E-state index in [1.54, 1.807) is 0 Å². The predicted octanol–water partition coefficient (Wildman–Crippen LogP) is 8.29. The Bertz CT molecular complexity index is 303. The van der Waals surface area contributed by atoms with E-state index in [0.717, 1.165) is 19.4 Å². The minimum atomic E-state index is 0.353. The molecule has 0 aromatic carbocycles. The zero-order valence-corrected chi connectivity index (χ0v) is 19.2.